The third kappa shape index (κ3) is 3.33. The summed E-state index contributed by atoms with van der Waals surface area (Å²) in [5.74, 6) is 1.64. The fourth-order valence-corrected chi connectivity index (χ4v) is 2.25. The van der Waals surface area contributed by atoms with Crippen molar-refractivity contribution in [3.05, 3.63) is 46.9 Å². The van der Waals surface area contributed by atoms with Crippen LogP contribution in [0.4, 0.5) is 5.69 Å². The maximum Gasteiger partial charge on any atom is 0.265 e. The Kier molecular flexibility index (Phi) is 4.20. The molecule has 0 bridgehead atoms. The molecule has 2 aromatic carbocycles. The van der Waals surface area contributed by atoms with Crippen LogP contribution in [0.5, 0.6) is 17.2 Å². The third-order valence-corrected chi connectivity index (χ3v) is 3.67. The Hall–Kier alpha value is -2.21. The van der Waals surface area contributed by atoms with Crippen LogP contribution in [0.15, 0.2) is 46.9 Å². The highest BCUT2D eigenvalue weighted by atomic mass is 79.9. The Morgan fingerprint density at radius 2 is 1.91 bits per heavy atom. The molecule has 0 aliphatic carbocycles. The van der Waals surface area contributed by atoms with Gasteiger partial charge in [0.05, 0.1) is 0 Å². The third-order valence-electron chi connectivity index (χ3n) is 3.14. The van der Waals surface area contributed by atoms with Crippen LogP contribution < -0.4 is 19.5 Å². The van der Waals surface area contributed by atoms with Gasteiger partial charge in [-0.1, -0.05) is 15.9 Å². The van der Waals surface area contributed by atoms with E-state index in [1.807, 2.05) is 24.3 Å². The second-order valence-corrected chi connectivity index (χ2v) is 5.69. The number of amides is 1. The molecular formula is C16H14BrNO4. The number of halogens is 1. The normalized spacial score (nSPS) is 13.5. The second kappa shape index (κ2) is 6.27. The molecule has 6 heteroatoms. The zero-order valence-electron chi connectivity index (χ0n) is 11.8. The molecule has 1 amide bonds. The van der Waals surface area contributed by atoms with Crippen LogP contribution >= 0.6 is 15.9 Å². The van der Waals surface area contributed by atoms with Gasteiger partial charge in [-0.05, 0) is 43.3 Å². The standard InChI is InChI=1S/C16H14BrNO4/c1-10(16(19)18-12-4-2-11(17)3-5-12)22-13-6-7-14-15(8-13)21-9-20-14/h2-8,10H,9H2,1H3,(H,18,19)/t10-/m1/s1. The molecular weight excluding hydrogens is 350 g/mol. The first-order chi connectivity index (χ1) is 10.6. The number of carbonyl (C=O) groups excluding carboxylic acids is 1. The fraction of sp³-hybridized carbons (Fsp3) is 0.188. The lowest BCUT2D eigenvalue weighted by Crippen LogP contribution is -2.30. The number of anilines is 1. The highest BCUT2D eigenvalue weighted by Crippen LogP contribution is 2.35. The number of ether oxygens (including phenoxy) is 3. The molecule has 1 aliphatic rings. The first kappa shape index (κ1) is 14.7. The smallest absolute Gasteiger partial charge is 0.265 e. The van der Waals surface area contributed by atoms with E-state index >= 15 is 0 Å². The van der Waals surface area contributed by atoms with Gasteiger partial charge in [-0.15, -0.1) is 0 Å². The Bertz CT molecular complexity index is 687. The average molecular weight is 364 g/mol. The molecule has 114 valence electrons. The number of benzene rings is 2. The van der Waals surface area contributed by atoms with Crippen molar-refractivity contribution in [2.24, 2.45) is 0 Å². The summed E-state index contributed by atoms with van der Waals surface area (Å²) in [6.45, 7) is 1.90. The first-order valence-electron chi connectivity index (χ1n) is 6.74. The number of hydrogen-bond acceptors (Lipinski definition) is 4. The lowest BCUT2D eigenvalue weighted by molar-refractivity contribution is -0.122. The van der Waals surface area contributed by atoms with Gasteiger partial charge >= 0.3 is 0 Å². The van der Waals surface area contributed by atoms with E-state index in [0.29, 0.717) is 22.9 Å². The summed E-state index contributed by atoms with van der Waals surface area (Å²) in [6, 6.07) is 12.6. The Morgan fingerprint density at radius 3 is 2.68 bits per heavy atom. The van der Waals surface area contributed by atoms with Crippen molar-refractivity contribution in [3.63, 3.8) is 0 Å². The Morgan fingerprint density at radius 1 is 1.18 bits per heavy atom. The maximum absolute atomic E-state index is 12.1. The van der Waals surface area contributed by atoms with E-state index in [1.54, 1.807) is 25.1 Å². The molecule has 1 heterocycles. The van der Waals surface area contributed by atoms with Gasteiger partial charge in [0.25, 0.3) is 5.91 Å². The van der Waals surface area contributed by atoms with Crippen molar-refractivity contribution in [2.75, 3.05) is 12.1 Å². The van der Waals surface area contributed by atoms with Crippen molar-refractivity contribution in [1.82, 2.24) is 0 Å². The van der Waals surface area contributed by atoms with E-state index in [-0.39, 0.29) is 12.7 Å². The SMILES string of the molecule is C[C@@H](Oc1ccc2c(c1)OCO2)C(=O)Nc1ccc(Br)cc1. The summed E-state index contributed by atoms with van der Waals surface area (Å²) < 4.78 is 17.1. The van der Waals surface area contributed by atoms with Crippen LogP contribution in [0.2, 0.25) is 0 Å². The van der Waals surface area contributed by atoms with Crippen LogP contribution in [0.25, 0.3) is 0 Å². The minimum absolute atomic E-state index is 0.207. The minimum Gasteiger partial charge on any atom is -0.481 e. The molecule has 0 saturated carbocycles. The zero-order chi connectivity index (χ0) is 15.5. The van der Waals surface area contributed by atoms with E-state index in [4.69, 9.17) is 14.2 Å². The van der Waals surface area contributed by atoms with E-state index in [9.17, 15) is 4.79 Å². The lowest BCUT2D eigenvalue weighted by Gasteiger charge is -2.15. The summed E-state index contributed by atoms with van der Waals surface area (Å²) in [6.07, 6.45) is -0.635. The quantitative estimate of drug-likeness (QED) is 0.901. The van der Waals surface area contributed by atoms with E-state index < -0.39 is 6.10 Å². The number of hydrogen-bond donors (Lipinski definition) is 1. The van der Waals surface area contributed by atoms with Crippen LogP contribution in [-0.2, 0) is 4.79 Å². The van der Waals surface area contributed by atoms with Gasteiger partial charge < -0.3 is 19.5 Å². The summed E-state index contributed by atoms with van der Waals surface area (Å²) >= 11 is 3.35. The second-order valence-electron chi connectivity index (χ2n) is 4.77. The molecule has 22 heavy (non-hydrogen) atoms. The maximum atomic E-state index is 12.1. The molecule has 1 atom stereocenters. The van der Waals surface area contributed by atoms with Crippen LogP contribution in [0.3, 0.4) is 0 Å². The molecule has 3 rings (SSSR count). The molecule has 0 radical (unpaired) electrons. The predicted octanol–water partition coefficient (Wildman–Crippen LogP) is 3.58. The van der Waals surface area contributed by atoms with Crippen LogP contribution in [0, 0.1) is 0 Å². The van der Waals surface area contributed by atoms with Gasteiger partial charge in [0.15, 0.2) is 17.6 Å². The van der Waals surface area contributed by atoms with Crippen molar-refractivity contribution >= 4 is 27.5 Å². The highest BCUT2D eigenvalue weighted by Gasteiger charge is 2.18. The van der Waals surface area contributed by atoms with Crippen molar-refractivity contribution in [1.29, 1.82) is 0 Å². The van der Waals surface area contributed by atoms with Gasteiger partial charge in [-0.3, -0.25) is 4.79 Å². The van der Waals surface area contributed by atoms with Crippen molar-refractivity contribution in [3.8, 4) is 17.2 Å². The first-order valence-corrected chi connectivity index (χ1v) is 7.54. The number of carbonyl (C=O) groups is 1. The van der Waals surface area contributed by atoms with Crippen molar-refractivity contribution < 1.29 is 19.0 Å². The topological polar surface area (TPSA) is 56.8 Å². The fourth-order valence-electron chi connectivity index (χ4n) is 1.98. The Balaban J connectivity index is 1.62. The summed E-state index contributed by atoms with van der Waals surface area (Å²) in [4.78, 5) is 12.1. The summed E-state index contributed by atoms with van der Waals surface area (Å²) in [7, 11) is 0. The van der Waals surface area contributed by atoms with Crippen LogP contribution in [0.1, 0.15) is 6.92 Å². The number of fused-ring (bicyclic) bond motifs is 1. The van der Waals surface area contributed by atoms with Crippen LogP contribution in [-0.4, -0.2) is 18.8 Å². The van der Waals surface area contributed by atoms with E-state index in [1.165, 1.54) is 0 Å². The Labute approximate surface area is 136 Å². The van der Waals surface area contributed by atoms with Gasteiger partial charge in [-0.25, -0.2) is 0 Å². The molecule has 0 aromatic heterocycles. The highest BCUT2D eigenvalue weighted by molar-refractivity contribution is 9.10. The largest absolute Gasteiger partial charge is 0.481 e. The molecule has 1 N–H and O–H groups in total. The molecule has 0 saturated heterocycles. The van der Waals surface area contributed by atoms with E-state index in [2.05, 4.69) is 21.2 Å². The molecule has 0 spiro atoms. The molecule has 2 aromatic rings. The van der Waals surface area contributed by atoms with Gasteiger partial charge in [0.1, 0.15) is 5.75 Å². The molecule has 1 aliphatic heterocycles. The van der Waals surface area contributed by atoms with Gasteiger partial charge in [0.2, 0.25) is 6.79 Å². The van der Waals surface area contributed by atoms with Crippen molar-refractivity contribution in [2.45, 2.75) is 13.0 Å². The summed E-state index contributed by atoms with van der Waals surface area (Å²) in [5, 5.41) is 2.80. The summed E-state index contributed by atoms with van der Waals surface area (Å²) in [5.41, 5.74) is 0.717. The number of nitrogens with one attached hydrogen (secondary N) is 1. The molecule has 0 fully saturated rings. The van der Waals surface area contributed by atoms with Gasteiger partial charge in [0, 0.05) is 16.2 Å². The van der Waals surface area contributed by atoms with E-state index in [0.717, 1.165) is 4.47 Å². The monoisotopic (exact) mass is 363 g/mol. The minimum atomic E-state index is -0.635. The molecule has 0 unspecified atom stereocenters. The molecule has 5 nitrogen and oxygen atoms in total. The predicted molar refractivity (Wildman–Crippen MR) is 85.4 cm³/mol. The average Bonchev–Trinajstić information content (AvgIpc) is 2.97. The number of rotatable bonds is 4. The lowest BCUT2D eigenvalue weighted by atomic mass is 10.3. The zero-order valence-corrected chi connectivity index (χ0v) is 13.4. The van der Waals surface area contributed by atoms with Gasteiger partial charge in [-0.2, -0.15) is 0 Å².